The van der Waals surface area contributed by atoms with Crippen LogP contribution in [0.25, 0.3) is 10.9 Å². The Morgan fingerprint density at radius 3 is 2.88 bits per heavy atom. The van der Waals surface area contributed by atoms with Crippen LogP contribution in [0.5, 0.6) is 0 Å². The van der Waals surface area contributed by atoms with Crippen molar-refractivity contribution in [2.24, 2.45) is 0 Å². The van der Waals surface area contributed by atoms with Crippen LogP contribution < -0.4 is 0 Å². The highest BCUT2D eigenvalue weighted by atomic mass is 16.5. The molecule has 1 amide bonds. The monoisotopic (exact) mass is 325 g/mol. The van der Waals surface area contributed by atoms with E-state index in [-0.39, 0.29) is 11.9 Å². The molecule has 2 aromatic heterocycles. The summed E-state index contributed by atoms with van der Waals surface area (Å²) in [6.45, 7) is 5.45. The van der Waals surface area contributed by atoms with Crippen LogP contribution in [0.1, 0.15) is 33.5 Å². The summed E-state index contributed by atoms with van der Waals surface area (Å²) >= 11 is 0. The summed E-state index contributed by atoms with van der Waals surface area (Å²) in [4.78, 5) is 15.0. The van der Waals surface area contributed by atoms with Crippen LogP contribution in [-0.2, 0) is 4.74 Å². The molecule has 1 aliphatic heterocycles. The number of H-pyrrole nitrogens is 2. The first-order chi connectivity index (χ1) is 11.7. The molecule has 7 heteroatoms. The van der Waals surface area contributed by atoms with Crippen molar-refractivity contribution < 1.29 is 9.53 Å². The molecule has 0 saturated carbocycles. The van der Waals surface area contributed by atoms with Gasteiger partial charge in [0.05, 0.1) is 30.5 Å². The van der Waals surface area contributed by atoms with Crippen LogP contribution in [-0.4, -0.2) is 51.0 Å². The molecule has 1 atom stereocenters. The van der Waals surface area contributed by atoms with Crippen molar-refractivity contribution in [3.63, 3.8) is 0 Å². The second kappa shape index (κ2) is 5.76. The molecular weight excluding hydrogens is 306 g/mol. The van der Waals surface area contributed by atoms with Gasteiger partial charge in [0.25, 0.3) is 5.91 Å². The van der Waals surface area contributed by atoms with E-state index >= 15 is 0 Å². The fourth-order valence-corrected chi connectivity index (χ4v) is 3.40. The van der Waals surface area contributed by atoms with Gasteiger partial charge in [0.2, 0.25) is 0 Å². The first kappa shape index (κ1) is 14.9. The number of nitrogens with zero attached hydrogens (tertiary/aromatic N) is 3. The predicted molar refractivity (Wildman–Crippen MR) is 88.8 cm³/mol. The maximum absolute atomic E-state index is 13.2. The van der Waals surface area contributed by atoms with E-state index in [0.717, 1.165) is 27.9 Å². The number of benzene rings is 1. The van der Waals surface area contributed by atoms with Crippen molar-refractivity contribution in [1.82, 2.24) is 25.3 Å². The van der Waals surface area contributed by atoms with Crippen LogP contribution in [0, 0.1) is 13.8 Å². The lowest BCUT2D eigenvalue weighted by atomic mass is 10.0. The van der Waals surface area contributed by atoms with Crippen molar-refractivity contribution in [3.8, 4) is 0 Å². The third-order valence-electron chi connectivity index (χ3n) is 4.58. The quantitative estimate of drug-likeness (QED) is 0.755. The van der Waals surface area contributed by atoms with E-state index in [1.54, 1.807) is 0 Å². The SMILES string of the molecule is Cc1n[nH]c(C)c1[C@@H]1COCCN1C(=O)c1n[nH]c2ccccc12. The van der Waals surface area contributed by atoms with E-state index in [1.165, 1.54) is 0 Å². The minimum atomic E-state index is -0.152. The predicted octanol–water partition coefficient (Wildman–Crippen LogP) is 2.12. The highest BCUT2D eigenvalue weighted by molar-refractivity contribution is 6.04. The Bertz CT molecular complexity index is 878. The number of carbonyl (C=O) groups is 1. The summed E-state index contributed by atoms with van der Waals surface area (Å²) in [5, 5.41) is 15.3. The van der Waals surface area contributed by atoms with E-state index in [1.807, 2.05) is 43.0 Å². The molecule has 0 bridgehead atoms. The maximum atomic E-state index is 13.2. The Hall–Kier alpha value is -2.67. The molecule has 1 saturated heterocycles. The number of aryl methyl sites for hydroxylation is 2. The van der Waals surface area contributed by atoms with Gasteiger partial charge >= 0.3 is 0 Å². The molecule has 0 radical (unpaired) electrons. The highest BCUT2D eigenvalue weighted by Crippen LogP contribution is 2.30. The van der Waals surface area contributed by atoms with E-state index in [2.05, 4.69) is 20.4 Å². The number of aromatic nitrogens is 4. The molecule has 4 rings (SSSR count). The minimum Gasteiger partial charge on any atom is -0.377 e. The van der Waals surface area contributed by atoms with Crippen LogP contribution in [0.15, 0.2) is 24.3 Å². The molecule has 2 N–H and O–H groups in total. The summed E-state index contributed by atoms with van der Waals surface area (Å²) in [6.07, 6.45) is 0. The van der Waals surface area contributed by atoms with Gasteiger partial charge < -0.3 is 9.64 Å². The number of nitrogens with one attached hydrogen (secondary N) is 2. The fraction of sp³-hybridized carbons (Fsp3) is 0.353. The number of hydrogen-bond acceptors (Lipinski definition) is 4. The molecule has 0 spiro atoms. The van der Waals surface area contributed by atoms with Crippen LogP contribution in [0.3, 0.4) is 0 Å². The molecule has 1 fully saturated rings. The van der Waals surface area contributed by atoms with Gasteiger partial charge in [-0.1, -0.05) is 18.2 Å². The molecule has 0 unspecified atom stereocenters. The smallest absolute Gasteiger partial charge is 0.275 e. The Morgan fingerprint density at radius 1 is 1.25 bits per heavy atom. The third kappa shape index (κ3) is 2.28. The topological polar surface area (TPSA) is 86.9 Å². The summed E-state index contributed by atoms with van der Waals surface area (Å²) in [5.41, 5.74) is 4.21. The number of morpholine rings is 1. The largest absolute Gasteiger partial charge is 0.377 e. The van der Waals surface area contributed by atoms with E-state index in [4.69, 9.17) is 4.74 Å². The Balaban J connectivity index is 1.74. The average molecular weight is 325 g/mol. The van der Waals surface area contributed by atoms with E-state index in [0.29, 0.717) is 25.5 Å². The number of ether oxygens (including phenoxy) is 1. The molecule has 3 heterocycles. The standard InChI is InChI=1S/C17H19N5O2/c1-10-15(11(2)19-18-10)14-9-24-8-7-22(14)17(23)16-12-5-3-4-6-13(12)20-21-16/h3-6,14H,7-9H2,1-2H3,(H,18,19)(H,20,21)/t14-/m0/s1. The van der Waals surface area contributed by atoms with E-state index < -0.39 is 0 Å². The maximum Gasteiger partial charge on any atom is 0.275 e. The van der Waals surface area contributed by atoms with E-state index in [9.17, 15) is 4.79 Å². The van der Waals surface area contributed by atoms with Crippen LogP contribution in [0.4, 0.5) is 0 Å². The average Bonchev–Trinajstić information content (AvgIpc) is 3.18. The van der Waals surface area contributed by atoms with Crippen molar-refractivity contribution >= 4 is 16.8 Å². The number of para-hydroxylation sites is 1. The first-order valence-corrected chi connectivity index (χ1v) is 8.00. The summed E-state index contributed by atoms with van der Waals surface area (Å²) in [6, 6.07) is 7.51. The zero-order valence-electron chi connectivity index (χ0n) is 13.7. The van der Waals surface area contributed by atoms with Crippen LogP contribution in [0.2, 0.25) is 0 Å². The Morgan fingerprint density at radius 2 is 2.08 bits per heavy atom. The molecule has 3 aromatic rings. The lowest BCUT2D eigenvalue weighted by Gasteiger charge is -2.35. The Kier molecular flexibility index (Phi) is 3.57. The number of rotatable bonds is 2. The third-order valence-corrected chi connectivity index (χ3v) is 4.58. The molecule has 7 nitrogen and oxygen atoms in total. The number of hydrogen-bond donors (Lipinski definition) is 2. The molecule has 1 aliphatic rings. The number of fused-ring (bicyclic) bond motifs is 1. The molecule has 0 aliphatic carbocycles. The molecule has 1 aromatic carbocycles. The summed E-state index contributed by atoms with van der Waals surface area (Å²) in [7, 11) is 0. The normalized spacial score (nSPS) is 18.2. The van der Waals surface area contributed by atoms with Gasteiger partial charge in [-0.05, 0) is 19.9 Å². The van der Waals surface area contributed by atoms with Gasteiger partial charge in [0, 0.05) is 23.2 Å². The minimum absolute atomic E-state index is 0.0826. The zero-order valence-corrected chi connectivity index (χ0v) is 13.7. The van der Waals surface area contributed by atoms with Gasteiger partial charge in [0.15, 0.2) is 5.69 Å². The lowest BCUT2D eigenvalue weighted by Crippen LogP contribution is -2.44. The van der Waals surface area contributed by atoms with Gasteiger partial charge in [-0.15, -0.1) is 0 Å². The highest BCUT2D eigenvalue weighted by Gasteiger charge is 2.33. The second-order valence-corrected chi connectivity index (χ2v) is 6.05. The second-order valence-electron chi connectivity index (χ2n) is 6.05. The van der Waals surface area contributed by atoms with Crippen molar-refractivity contribution in [2.45, 2.75) is 19.9 Å². The first-order valence-electron chi connectivity index (χ1n) is 8.00. The fourth-order valence-electron chi connectivity index (χ4n) is 3.40. The van der Waals surface area contributed by atoms with Crippen molar-refractivity contribution in [3.05, 3.63) is 46.9 Å². The Labute approximate surface area is 139 Å². The van der Waals surface area contributed by atoms with Gasteiger partial charge in [-0.3, -0.25) is 15.0 Å². The van der Waals surface area contributed by atoms with Gasteiger partial charge in [0.1, 0.15) is 0 Å². The van der Waals surface area contributed by atoms with Gasteiger partial charge in [-0.2, -0.15) is 10.2 Å². The molecule has 124 valence electrons. The van der Waals surface area contributed by atoms with Crippen molar-refractivity contribution in [2.75, 3.05) is 19.8 Å². The van der Waals surface area contributed by atoms with Gasteiger partial charge in [-0.25, -0.2) is 0 Å². The number of aromatic amines is 2. The van der Waals surface area contributed by atoms with Crippen LogP contribution >= 0.6 is 0 Å². The molecule has 24 heavy (non-hydrogen) atoms. The summed E-state index contributed by atoms with van der Waals surface area (Å²) in [5.74, 6) is -0.0826. The van der Waals surface area contributed by atoms with Crippen molar-refractivity contribution in [1.29, 1.82) is 0 Å². The lowest BCUT2D eigenvalue weighted by molar-refractivity contribution is -0.00322. The summed E-state index contributed by atoms with van der Waals surface area (Å²) < 4.78 is 5.64. The zero-order chi connectivity index (χ0) is 16.7. The number of carbonyl (C=O) groups excluding carboxylic acids is 1. The number of amides is 1. The molecular formula is C17H19N5O2.